The fourth-order valence-electron chi connectivity index (χ4n) is 3.73. The minimum Gasteiger partial charge on any atom is -0.436 e. The lowest BCUT2D eigenvalue weighted by Crippen LogP contribution is -2.35. The van der Waals surface area contributed by atoms with E-state index in [1.165, 1.54) is 6.07 Å². The predicted molar refractivity (Wildman–Crippen MR) is 128 cm³/mol. The Labute approximate surface area is 199 Å². The van der Waals surface area contributed by atoms with Crippen LogP contribution < -0.4 is 4.74 Å². The molecule has 0 fully saturated rings. The highest BCUT2D eigenvalue weighted by atomic mass is 19.1. The molecule has 3 aromatic rings. The number of rotatable bonds is 13. The molecule has 0 amide bonds. The quantitative estimate of drug-likeness (QED) is 0.283. The van der Waals surface area contributed by atoms with Gasteiger partial charge in [-0.05, 0) is 25.1 Å². The molecule has 182 valence electrons. The summed E-state index contributed by atoms with van der Waals surface area (Å²) in [4.78, 5) is 2.08. The first-order valence-corrected chi connectivity index (χ1v) is 11.3. The van der Waals surface area contributed by atoms with Gasteiger partial charge in [-0.1, -0.05) is 43.3 Å². The van der Waals surface area contributed by atoms with Gasteiger partial charge in [0, 0.05) is 31.8 Å². The van der Waals surface area contributed by atoms with Crippen molar-refractivity contribution in [1.82, 2.24) is 14.7 Å². The third-order valence-corrected chi connectivity index (χ3v) is 5.17. The lowest BCUT2D eigenvalue weighted by molar-refractivity contribution is 0.0245. The fraction of sp³-hybridized carbons (Fsp3) is 0.346. The number of aromatic nitrogens is 2. The summed E-state index contributed by atoms with van der Waals surface area (Å²) >= 11 is 0. The molecule has 0 unspecified atom stereocenters. The highest BCUT2D eigenvalue weighted by Crippen LogP contribution is 2.35. The minimum atomic E-state index is -0.798. The average Bonchev–Trinajstić information content (AvgIpc) is 3.11. The molecule has 0 saturated heterocycles. The Balaban J connectivity index is 1.95. The first-order chi connectivity index (χ1) is 16.4. The van der Waals surface area contributed by atoms with Crippen LogP contribution in [0.1, 0.15) is 18.9 Å². The number of aliphatic hydroxyl groups excluding tert-OH is 1. The van der Waals surface area contributed by atoms with E-state index in [1.807, 2.05) is 30.3 Å². The van der Waals surface area contributed by atoms with Crippen LogP contribution in [0.25, 0.3) is 11.3 Å². The SMILES string of the molecule is C=CCOC[C@H](O)CN(CCC)Cc1c(-c2ccccc2)nn(C)c1Oc1ccc(F)cc1F. The van der Waals surface area contributed by atoms with Crippen LogP contribution in [0.2, 0.25) is 0 Å². The van der Waals surface area contributed by atoms with Crippen LogP contribution in [-0.2, 0) is 18.3 Å². The second kappa shape index (κ2) is 12.4. The molecule has 0 aliphatic carbocycles. The van der Waals surface area contributed by atoms with E-state index in [1.54, 1.807) is 17.8 Å². The molecule has 1 aromatic heterocycles. The first-order valence-electron chi connectivity index (χ1n) is 11.3. The number of halogens is 2. The minimum absolute atomic E-state index is 0.0924. The molecule has 1 heterocycles. The van der Waals surface area contributed by atoms with Gasteiger partial charge in [0.2, 0.25) is 5.88 Å². The Hall–Kier alpha value is -3.07. The van der Waals surface area contributed by atoms with Gasteiger partial charge < -0.3 is 14.6 Å². The van der Waals surface area contributed by atoms with E-state index in [0.29, 0.717) is 37.8 Å². The van der Waals surface area contributed by atoms with Crippen LogP contribution in [0.15, 0.2) is 61.2 Å². The van der Waals surface area contributed by atoms with Crippen molar-refractivity contribution in [2.75, 3.05) is 26.3 Å². The van der Waals surface area contributed by atoms with Crippen molar-refractivity contribution < 1.29 is 23.4 Å². The molecule has 8 heteroatoms. The average molecular weight is 472 g/mol. The molecule has 0 bridgehead atoms. The van der Waals surface area contributed by atoms with Crippen LogP contribution >= 0.6 is 0 Å². The maximum Gasteiger partial charge on any atom is 0.222 e. The lowest BCUT2D eigenvalue weighted by atomic mass is 10.1. The zero-order valence-corrected chi connectivity index (χ0v) is 19.6. The number of aryl methyl sites for hydroxylation is 1. The first kappa shape index (κ1) is 25.6. The van der Waals surface area contributed by atoms with E-state index in [2.05, 4.69) is 23.5 Å². The van der Waals surface area contributed by atoms with Gasteiger partial charge in [-0.25, -0.2) is 13.5 Å². The molecule has 6 nitrogen and oxygen atoms in total. The Morgan fingerprint density at radius 1 is 1.21 bits per heavy atom. The van der Waals surface area contributed by atoms with Crippen molar-refractivity contribution in [3.63, 3.8) is 0 Å². The monoisotopic (exact) mass is 471 g/mol. The van der Waals surface area contributed by atoms with Crippen molar-refractivity contribution in [2.24, 2.45) is 7.05 Å². The Kier molecular flexibility index (Phi) is 9.33. The number of hydrogen-bond donors (Lipinski definition) is 1. The van der Waals surface area contributed by atoms with Crippen LogP contribution in [0.4, 0.5) is 8.78 Å². The number of benzene rings is 2. The van der Waals surface area contributed by atoms with Gasteiger partial charge in [0.05, 0.1) is 24.9 Å². The summed E-state index contributed by atoms with van der Waals surface area (Å²) in [7, 11) is 1.72. The largest absolute Gasteiger partial charge is 0.436 e. The fourth-order valence-corrected chi connectivity index (χ4v) is 3.73. The van der Waals surface area contributed by atoms with Crippen molar-refractivity contribution in [2.45, 2.75) is 26.0 Å². The van der Waals surface area contributed by atoms with E-state index in [-0.39, 0.29) is 12.4 Å². The molecule has 1 N–H and O–H groups in total. The Morgan fingerprint density at radius 3 is 2.65 bits per heavy atom. The van der Waals surface area contributed by atoms with Crippen LogP contribution in [0.3, 0.4) is 0 Å². The lowest BCUT2D eigenvalue weighted by Gasteiger charge is -2.25. The molecule has 0 aliphatic heterocycles. The summed E-state index contributed by atoms with van der Waals surface area (Å²) in [5.74, 6) is -1.22. The van der Waals surface area contributed by atoms with E-state index in [9.17, 15) is 13.9 Å². The van der Waals surface area contributed by atoms with Crippen LogP contribution in [0, 0.1) is 11.6 Å². The van der Waals surface area contributed by atoms with Gasteiger partial charge >= 0.3 is 0 Å². The maximum atomic E-state index is 14.4. The topological polar surface area (TPSA) is 59.8 Å². The second-order valence-corrected chi connectivity index (χ2v) is 8.01. The zero-order valence-electron chi connectivity index (χ0n) is 19.6. The standard InChI is InChI=1S/C26H31F2N3O3/c1-4-13-31(16-21(32)18-33-14-5-2)17-22-25(19-9-7-6-8-10-19)29-30(3)26(22)34-24-12-11-20(27)15-23(24)28/h5-12,15,21,32H,2,4,13-14,16-18H2,1,3H3/t21-/m1/s1. The van der Waals surface area contributed by atoms with E-state index < -0.39 is 17.7 Å². The Morgan fingerprint density at radius 2 is 1.97 bits per heavy atom. The van der Waals surface area contributed by atoms with Gasteiger partial charge in [-0.3, -0.25) is 4.90 Å². The molecule has 0 radical (unpaired) electrons. The maximum absolute atomic E-state index is 14.4. The number of nitrogens with zero attached hydrogens (tertiary/aromatic N) is 3. The third kappa shape index (κ3) is 6.72. The van der Waals surface area contributed by atoms with E-state index in [0.717, 1.165) is 29.7 Å². The summed E-state index contributed by atoms with van der Waals surface area (Å²) in [6.07, 6.45) is 1.81. The summed E-state index contributed by atoms with van der Waals surface area (Å²) in [5.41, 5.74) is 2.32. The third-order valence-electron chi connectivity index (χ3n) is 5.17. The molecule has 0 saturated carbocycles. The summed E-state index contributed by atoms with van der Waals surface area (Å²) in [6, 6.07) is 12.8. The van der Waals surface area contributed by atoms with Gasteiger partial charge in [0.1, 0.15) is 11.5 Å². The number of ether oxygens (including phenoxy) is 2. The van der Waals surface area contributed by atoms with Crippen molar-refractivity contribution in [3.8, 4) is 22.9 Å². The molecule has 0 aliphatic rings. The molecule has 2 aromatic carbocycles. The van der Waals surface area contributed by atoms with Gasteiger partial charge in [-0.2, -0.15) is 5.10 Å². The normalized spacial score (nSPS) is 12.2. The van der Waals surface area contributed by atoms with E-state index in [4.69, 9.17) is 9.47 Å². The Bertz CT molecular complexity index is 1070. The number of hydrogen-bond acceptors (Lipinski definition) is 5. The molecular weight excluding hydrogens is 440 g/mol. The summed E-state index contributed by atoms with van der Waals surface area (Å²) < 4.78 is 40.6. The van der Waals surface area contributed by atoms with Crippen LogP contribution in [0.5, 0.6) is 11.6 Å². The van der Waals surface area contributed by atoms with Gasteiger partial charge in [0.25, 0.3) is 0 Å². The predicted octanol–water partition coefficient (Wildman–Crippen LogP) is 4.93. The summed E-state index contributed by atoms with van der Waals surface area (Å²) in [5, 5.41) is 15.1. The summed E-state index contributed by atoms with van der Waals surface area (Å²) in [6.45, 7) is 7.72. The van der Waals surface area contributed by atoms with Crippen molar-refractivity contribution >= 4 is 0 Å². The second-order valence-electron chi connectivity index (χ2n) is 8.01. The van der Waals surface area contributed by atoms with Crippen molar-refractivity contribution in [3.05, 3.63) is 78.4 Å². The van der Waals surface area contributed by atoms with Crippen molar-refractivity contribution in [1.29, 1.82) is 0 Å². The smallest absolute Gasteiger partial charge is 0.222 e. The van der Waals surface area contributed by atoms with Crippen LogP contribution in [-0.4, -0.2) is 52.2 Å². The molecule has 34 heavy (non-hydrogen) atoms. The molecular formula is C26H31F2N3O3. The van der Waals surface area contributed by atoms with Gasteiger partial charge in [0.15, 0.2) is 11.6 Å². The van der Waals surface area contributed by atoms with E-state index >= 15 is 0 Å². The molecule has 3 rings (SSSR count). The zero-order chi connectivity index (χ0) is 24.5. The van der Waals surface area contributed by atoms with Gasteiger partial charge in [-0.15, -0.1) is 6.58 Å². The highest BCUT2D eigenvalue weighted by Gasteiger charge is 2.24. The molecule has 1 atom stereocenters. The molecule has 0 spiro atoms. The highest BCUT2D eigenvalue weighted by molar-refractivity contribution is 5.65. The number of aliphatic hydroxyl groups is 1.